The Morgan fingerprint density at radius 1 is 0.926 bits per heavy atom. The zero-order valence-electron chi connectivity index (χ0n) is 14.6. The zero-order valence-corrected chi connectivity index (χ0v) is 15.4. The van der Waals surface area contributed by atoms with E-state index in [1.54, 1.807) is 17.4 Å². The smallest absolute Gasteiger partial charge is 0.155 e. The highest BCUT2D eigenvalue weighted by Crippen LogP contribution is 2.26. The first-order chi connectivity index (χ1) is 13.3. The molecule has 0 saturated heterocycles. The monoisotopic (exact) mass is 375 g/mol. The van der Waals surface area contributed by atoms with Crippen LogP contribution in [-0.2, 0) is 6.42 Å². The van der Waals surface area contributed by atoms with Gasteiger partial charge in [0.05, 0.1) is 10.2 Å². The molecular weight excluding hydrogens is 357 g/mol. The van der Waals surface area contributed by atoms with Gasteiger partial charge in [0.15, 0.2) is 5.82 Å². The number of hydrogen-bond donors (Lipinski definition) is 1. The van der Waals surface area contributed by atoms with Crippen LogP contribution in [0.25, 0.3) is 22.4 Å². The van der Waals surface area contributed by atoms with Gasteiger partial charge in [0.25, 0.3) is 0 Å². The van der Waals surface area contributed by atoms with Crippen molar-refractivity contribution in [2.75, 3.05) is 11.9 Å². The summed E-state index contributed by atoms with van der Waals surface area (Å²) in [6, 6.07) is 18.9. The molecule has 0 unspecified atom stereocenters. The van der Waals surface area contributed by atoms with Gasteiger partial charge in [0, 0.05) is 6.54 Å². The Morgan fingerprint density at radius 2 is 1.74 bits per heavy atom. The first kappa shape index (κ1) is 17.4. The van der Waals surface area contributed by atoms with Gasteiger partial charge >= 0.3 is 0 Å². The van der Waals surface area contributed by atoms with Gasteiger partial charge in [0.1, 0.15) is 11.6 Å². The third-order valence-electron chi connectivity index (χ3n) is 4.19. The molecule has 1 N–H and O–H groups in total. The van der Waals surface area contributed by atoms with E-state index in [-0.39, 0.29) is 5.82 Å². The number of nitrogens with one attached hydrogen (secondary N) is 1. The highest BCUT2D eigenvalue weighted by Gasteiger charge is 2.08. The number of hydrogen-bond acceptors (Lipinski definition) is 4. The first-order valence-electron chi connectivity index (χ1n) is 8.75. The average Bonchev–Trinajstić information content (AvgIpc) is 3.17. The largest absolute Gasteiger partial charge is 0.368 e. The lowest BCUT2D eigenvalue weighted by atomic mass is 10.1. The molecule has 0 spiro atoms. The van der Waals surface area contributed by atoms with Crippen molar-refractivity contribution in [3.05, 3.63) is 88.8 Å². The van der Waals surface area contributed by atoms with Gasteiger partial charge in [-0.1, -0.05) is 54.6 Å². The van der Waals surface area contributed by atoms with Crippen molar-refractivity contribution in [2.45, 2.75) is 6.42 Å². The van der Waals surface area contributed by atoms with E-state index in [1.165, 1.54) is 6.07 Å². The van der Waals surface area contributed by atoms with E-state index in [0.717, 1.165) is 21.6 Å². The van der Waals surface area contributed by atoms with Crippen molar-refractivity contribution in [1.82, 2.24) is 9.97 Å². The molecule has 2 aromatic heterocycles. The number of thiophene rings is 1. The van der Waals surface area contributed by atoms with Crippen LogP contribution in [0, 0.1) is 5.82 Å². The van der Waals surface area contributed by atoms with Crippen LogP contribution in [-0.4, -0.2) is 16.5 Å². The summed E-state index contributed by atoms with van der Waals surface area (Å²) in [4.78, 5) is 9.25. The van der Waals surface area contributed by atoms with Crippen LogP contribution < -0.4 is 5.32 Å². The van der Waals surface area contributed by atoms with Crippen LogP contribution in [0.1, 0.15) is 17.0 Å². The number of fused-ring (bicyclic) bond motifs is 1. The molecular formula is C22H18FN3S. The third-order valence-corrected chi connectivity index (χ3v) is 5.10. The zero-order chi connectivity index (χ0) is 18.5. The summed E-state index contributed by atoms with van der Waals surface area (Å²) >= 11 is 1.60. The average molecular weight is 375 g/mol. The second-order valence-corrected chi connectivity index (χ2v) is 6.99. The minimum Gasteiger partial charge on any atom is -0.368 e. The van der Waals surface area contributed by atoms with Crippen LogP contribution in [0.3, 0.4) is 0 Å². The molecule has 0 aliphatic carbocycles. The fraction of sp³-hybridized carbons (Fsp3) is 0.0909. The summed E-state index contributed by atoms with van der Waals surface area (Å²) < 4.78 is 14.8. The predicted molar refractivity (Wildman–Crippen MR) is 111 cm³/mol. The molecule has 0 saturated carbocycles. The van der Waals surface area contributed by atoms with Crippen LogP contribution in [0.4, 0.5) is 10.2 Å². The summed E-state index contributed by atoms with van der Waals surface area (Å²) in [6.07, 6.45) is 4.50. The second-order valence-electron chi connectivity index (χ2n) is 6.08. The van der Waals surface area contributed by atoms with Gasteiger partial charge in [-0.05, 0) is 41.1 Å². The number of anilines is 1. The van der Waals surface area contributed by atoms with E-state index in [1.807, 2.05) is 66.1 Å². The summed E-state index contributed by atoms with van der Waals surface area (Å²) in [5.41, 5.74) is 2.71. The number of benzene rings is 2. The van der Waals surface area contributed by atoms with Crippen LogP contribution >= 0.6 is 11.3 Å². The third kappa shape index (κ3) is 4.20. The Labute approximate surface area is 161 Å². The van der Waals surface area contributed by atoms with E-state index < -0.39 is 0 Å². The van der Waals surface area contributed by atoms with Crippen molar-refractivity contribution >= 4 is 39.5 Å². The lowest BCUT2D eigenvalue weighted by Gasteiger charge is -2.08. The Bertz CT molecular complexity index is 1070. The summed E-state index contributed by atoms with van der Waals surface area (Å²) in [7, 11) is 0. The number of rotatable bonds is 6. The maximum absolute atomic E-state index is 13.8. The van der Waals surface area contributed by atoms with Crippen molar-refractivity contribution < 1.29 is 4.39 Å². The molecule has 2 heterocycles. The van der Waals surface area contributed by atoms with E-state index in [9.17, 15) is 4.39 Å². The quantitative estimate of drug-likeness (QED) is 0.473. The van der Waals surface area contributed by atoms with Crippen molar-refractivity contribution in [3.63, 3.8) is 0 Å². The van der Waals surface area contributed by atoms with E-state index in [2.05, 4.69) is 15.3 Å². The Kier molecular flexibility index (Phi) is 5.21. The normalized spacial score (nSPS) is 11.3. The van der Waals surface area contributed by atoms with Crippen LogP contribution in [0.5, 0.6) is 0 Å². The fourth-order valence-corrected chi connectivity index (χ4v) is 3.62. The van der Waals surface area contributed by atoms with E-state index >= 15 is 0 Å². The molecule has 5 heteroatoms. The standard InChI is InChI=1S/C22H18FN3S/c23-18-9-5-4-8-17(18)12-14-24-22-21-19(13-15-27-21)25-20(26-22)11-10-16-6-2-1-3-7-16/h1-11,13,15H,12,14H2,(H,24,25,26)/b11-10+. The van der Waals surface area contributed by atoms with Gasteiger partial charge < -0.3 is 5.32 Å². The van der Waals surface area contributed by atoms with E-state index in [0.29, 0.717) is 24.4 Å². The predicted octanol–water partition coefficient (Wildman–Crippen LogP) is 5.66. The van der Waals surface area contributed by atoms with Crippen LogP contribution in [0.2, 0.25) is 0 Å². The molecule has 3 nitrogen and oxygen atoms in total. The molecule has 4 aromatic rings. The Balaban J connectivity index is 1.54. The van der Waals surface area contributed by atoms with Gasteiger partial charge in [0.2, 0.25) is 0 Å². The van der Waals surface area contributed by atoms with Crippen molar-refractivity contribution in [1.29, 1.82) is 0 Å². The summed E-state index contributed by atoms with van der Waals surface area (Å²) in [5, 5.41) is 5.35. The molecule has 0 atom stereocenters. The molecule has 27 heavy (non-hydrogen) atoms. The van der Waals surface area contributed by atoms with Gasteiger partial charge in [-0.3, -0.25) is 0 Å². The lowest BCUT2D eigenvalue weighted by Crippen LogP contribution is -2.08. The molecule has 134 valence electrons. The second kappa shape index (κ2) is 8.10. The molecule has 2 aromatic carbocycles. The Hall–Kier alpha value is -3.05. The number of aromatic nitrogens is 2. The number of halogens is 1. The molecule has 4 rings (SSSR count). The van der Waals surface area contributed by atoms with Crippen molar-refractivity contribution in [3.8, 4) is 0 Å². The Morgan fingerprint density at radius 3 is 2.59 bits per heavy atom. The highest BCUT2D eigenvalue weighted by atomic mass is 32.1. The molecule has 0 fully saturated rings. The van der Waals surface area contributed by atoms with Crippen LogP contribution in [0.15, 0.2) is 66.0 Å². The molecule has 0 bridgehead atoms. The molecule has 0 aliphatic heterocycles. The topological polar surface area (TPSA) is 37.8 Å². The van der Waals surface area contributed by atoms with Crippen molar-refractivity contribution in [2.24, 2.45) is 0 Å². The molecule has 0 radical (unpaired) electrons. The maximum atomic E-state index is 13.8. The molecule has 0 amide bonds. The first-order valence-corrected chi connectivity index (χ1v) is 9.63. The van der Waals surface area contributed by atoms with E-state index in [4.69, 9.17) is 0 Å². The minimum atomic E-state index is -0.172. The fourth-order valence-electron chi connectivity index (χ4n) is 2.83. The van der Waals surface area contributed by atoms with Gasteiger partial charge in [-0.2, -0.15) is 0 Å². The molecule has 0 aliphatic rings. The highest BCUT2D eigenvalue weighted by molar-refractivity contribution is 7.17. The lowest BCUT2D eigenvalue weighted by molar-refractivity contribution is 0.610. The van der Waals surface area contributed by atoms with Gasteiger partial charge in [-0.15, -0.1) is 11.3 Å². The summed E-state index contributed by atoms with van der Waals surface area (Å²) in [5.74, 6) is 1.27. The SMILES string of the molecule is Fc1ccccc1CCNc1nc(/C=C/c2ccccc2)nc2ccsc12. The minimum absolute atomic E-state index is 0.172. The number of nitrogens with zero attached hydrogens (tertiary/aromatic N) is 2. The van der Waals surface area contributed by atoms with Gasteiger partial charge in [-0.25, -0.2) is 14.4 Å². The maximum Gasteiger partial charge on any atom is 0.155 e. The summed E-state index contributed by atoms with van der Waals surface area (Å²) in [6.45, 7) is 0.604.